The molecule has 5 heteroatoms. The minimum Gasteiger partial charge on any atom is -0.296 e. The van der Waals surface area contributed by atoms with E-state index in [-0.39, 0.29) is 11.2 Å². The van der Waals surface area contributed by atoms with Gasteiger partial charge in [0.1, 0.15) is 5.82 Å². The largest absolute Gasteiger partial charge is 0.296 e. The first kappa shape index (κ1) is 12.0. The molecule has 2 aromatic rings. The molecule has 3 rings (SSSR count). The van der Waals surface area contributed by atoms with Crippen molar-refractivity contribution in [2.45, 2.75) is 11.7 Å². The molecule has 1 saturated heterocycles. The van der Waals surface area contributed by atoms with Crippen molar-refractivity contribution in [2.75, 3.05) is 11.4 Å². The molecule has 18 heavy (non-hydrogen) atoms. The first-order valence-corrected chi connectivity index (χ1v) is 6.99. The van der Waals surface area contributed by atoms with Crippen LogP contribution in [0.15, 0.2) is 34.8 Å². The second-order valence-corrected chi connectivity index (χ2v) is 6.01. The lowest BCUT2D eigenvalue weighted by molar-refractivity contribution is -0.117. The average Bonchev–Trinajstić information content (AvgIpc) is 2.68. The molecule has 1 aromatic carbocycles. The number of hydrogen-bond donors (Lipinski definition) is 1. The zero-order valence-corrected chi connectivity index (χ0v) is 12.0. The fourth-order valence-electron chi connectivity index (χ4n) is 2.15. The minimum atomic E-state index is 0.0963. The lowest BCUT2D eigenvalue weighted by atomic mass is 10.2. The highest BCUT2D eigenvalue weighted by molar-refractivity contribution is 9.10. The Morgan fingerprint density at radius 3 is 2.89 bits per heavy atom. The van der Waals surface area contributed by atoms with Crippen molar-refractivity contribution >= 4 is 51.2 Å². The summed E-state index contributed by atoms with van der Waals surface area (Å²) in [7, 11) is 0. The monoisotopic (exact) mass is 322 g/mol. The van der Waals surface area contributed by atoms with E-state index in [4.69, 9.17) is 0 Å². The summed E-state index contributed by atoms with van der Waals surface area (Å²) in [5.41, 5.74) is 0.895. The van der Waals surface area contributed by atoms with Crippen LogP contribution in [0.4, 0.5) is 5.82 Å². The zero-order chi connectivity index (χ0) is 12.7. The van der Waals surface area contributed by atoms with E-state index in [0.29, 0.717) is 18.8 Å². The van der Waals surface area contributed by atoms with Crippen molar-refractivity contribution in [2.24, 2.45) is 0 Å². The van der Waals surface area contributed by atoms with Gasteiger partial charge in [0, 0.05) is 28.1 Å². The van der Waals surface area contributed by atoms with Gasteiger partial charge in [0.2, 0.25) is 5.91 Å². The number of nitrogens with zero attached hydrogens (tertiary/aromatic N) is 2. The summed E-state index contributed by atoms with van der Waals surface area (Å²) in [5, 5.41) is 1.17. The second-order valence-electron chi connectivity index (χ2n) is 4.37. The first-order valence-electron chi connectivity index (χ1n) is 5.68. The van der Waals surface area contributed by atoms with Crippen molar-refractivity contribution in [1.82, 2.24) is 4.98 Å². The van der Waals surface area contributed by atoms with Gasteiger partial charge in [0.05, 0.1) is 5.52 Å². The number of aromatic nitrogens is 1. The molecule has 1 aliphatic rings. The molecule has 0 bridgehead atoms. The summed E-state index contributed by atoms with van der Waals surface area (Å²) in [6.45, 7) is 0.636. The fraction of sp³-hybridized carbons (Fsp3) is 0.231. The molecule has 0 saturated carbocycles. The Morgan fingerprint density at radius 1 is 1.33 bits per heavy atom. The molecule has 0 spiro atoms. The summed E-state index contributed by atoms with van der Waals surface area (Å²) in [6.07, 6.45) is 0.489. The molecule has 1 atom stereocenters. The number of rotatable bonds is 1. The molecule has 1 aliphatic heterocycles. The number of thiol groups is 1. The lowest BCUT2D eigenvalue weighted by Gasteiger charge is -2.15. The van der Waals surface area contributed by atoms with Crippen LogP contribution in [0.3, 0.4) is 0 Å². The summed E-state index contributed by atoms with van der Waals surface area (Å²) in [5.74, 6) is 0.810. The SMILES string of the molecule is O=C1CC(S)CN1c1ccc2cc(Br)ccc2n1. The normalized spacial score (nSPS) is 19.8. The second kappa shape index (κ2) is 4.55. The maximum atomic E-state index is 11.8. The third kappa shape index (κ3) is 2.12. The summed E-state index contributed by atoms with van der Waals surface area (Å²) in [6, 6.07) is 9.79. The molecule has 1 fully saturated rings. The Hall–Kier alpha value is -1.07. The van der Waals surface area contributed by atoms with Crippen molar-refractivity contribution < 1.29 is 4.79 Å². The van der Waals surface area contributed by atoms with Crippen LogP contribution in [-0.2, 0) is 4.79 Å². The van der Waals surface area contributed by atoms with Crippen molar-refractivity contribution in [3.8, 4) is 0 Å². The topological polar surface area (TPSA) is 33.2 Å². The molecule has 2 heterocycles. The molecule has 0 N–H and O–H groups in total. The molecule has 0 radical (unpaired) electrons. The van der Waals surface area contributed by atoms with Crippen molar-refractivity contribution in [3.05, 3.63) is 34.8 Å². The Morgan fingerprint density at radius 2 is 2.17 bits per heavy atom. The van der Waals surface area contributed by atoms with Crippen LogP contribution in [0.1, 0.15) is 6.42 Å². The number of carbonyl (C=O) groups excluding carboxylic acids is 1. The van der Waals surface area contributed by atoms with Gasteiger partial charge in [-0.3, -0.25) is 9.69 Å². The lowest BCUT2D eigenvalue weighted by Crippen LogP contribution is -2.25. The van der Waals surface area contributed by atoms with Gasteiger partial charge in [-0.25, -0.2) is 4.98 Å². The van der Waals surface area contributed by atoms with Crippen LogP contribution in [0.5, 0.6) is 0 Å². The van der Waals surface area contributed by atoms with Gasteiger partial charge in [-0.2, -0.15) is 12.6 Å². The standard InChI is InChI=1S/C13H11BrN2OS/c14-9-2-3-11-8(5-9)1-4-12(15-11)16-7-10(18)6-13(16)17/h1-5,10,18H,6-7H2. The number of pyridine rings is 1. The predicted molar refractivity (Wildman–Crippen MR) is 79.2 cm³/mol. The summed E-state index contributed by atoms with van der Waals surface area (Å²) in [4.78, 5) is 18.0. The van der Waals surface area contributed by atoms with Crippen LogP contribution in [0.25, 0.3) is 10.9 Å². The number of halogens is 1. The number of anilines is 1. The molecule has 0 aliphatic carbocycles. The highest BCUT2D eigenvalue weighted by Gasteiger charge is 2.29. The van der Waals surface area contributed by atoms with Gasteiger partial charge in [-0.15, -0.1) is 0 Å². The molecular formula is C13H11BrN2OS. The fourth-order valence-corrected chi connectivity index (χ4v) is 2.84. The highest BCUT2D eigenvalue weighted by Crippen LogP contribution is 2.25. The number of amides is 1. The number of carbonyl (C=O) groups is 1. The summed E-state index contributed by atoms with van der Waals surface area (Å²) < 4.78 is 1.03. The van der Waals surface area contributed by atoms with Gasteiger partial charge in [0.15, 0.2) is 0 Å². The van der Waals surface area contributed by atoms with Gasteiger partial charge in [-0.05, 0) is 30.3 Å². The predicted octanol–water partition coefficient (Wildman–Crippen LogP) is 3.03. The van der Waals surface area contributed by atoms with Crippen molar-refractivity contribution in [3.63, 3.8) is 0 Å². The van der Waals surface area contributed by atoms with E-state index >= 15 is 0 Å². The first-order chi connectivity index (χ1) is 8.63. The maximum absolute atomic E-state index is 11.8. The van der Waals surface area contributed by atoms with Crippen LogP contribution in [0.2, 0.25) is 0 Å². The number of fused-ring (bicyclic) bond motifs is 1. The molecular weight excluding hydrogens is 312 g/mol. The Balaban J connectivity index is 2.03. The van der Waals surface area contributed by atoms with Gasteiger partial charge < -0.3 is 0 Å². The highest BCUT2D eigenvalue weighted by atomic mass is 79.9. The molecule has 1 unspecified atom stereocenters. The van der Waals surface area contributed by atoms with Crippen molar-refractivity contribution in [1.29, 1.82) is 0 Å². The average molecular weight is 323 g/mol. The quantitative estimate of drug-likeness (QED) is 0.819. The molecule has 1 amide bonds. The van der Waals surface area contributed by atoms with Gasteiger partial charge in [-0.1, -0.05) is 15.9 Å². The smallest absolute Gasteiger partial charge is 0.229 e. The van der Waals surface area contributed by atoms with E-state index in [1.54, 1.807) is 4.90 Å². The van der Waals surface area contributed by atoms with Crippen LogP contribution in [0, 0.1) is 0 Å². The van der Waals surface area contributed by atoms with Gasteiger partial charge >= 0.3 is 0 Å². The van der Waals surface area contributed by atoms with Crippen LogP contribution >= 0.6 is 28.6 Å². The Kier molecular flexibility index (Phi) is 3.03. The summed E-state index contributed by atoms with van der Waals surface area (Å²) >= 11 is 7.78. The van der Waals surface area contributed by atoms with Gasteiger partial charge in [0.25, 0.3) is 0 Å². The third-order valence-corrected chi connectivity index (χ3v) is 3.86. The third-order valence-electron chi connectivity index (χ3n) is 3.02. The maximum Gasteiger partial charge on any atom is 0.229 e. The van der Waals surface area contributed by atoms with E-state index in [9.17, 15) is 4.79 Å². The minimum absolute atomic E-state index is 0.0963. The van der Waals surface area contributed by atoms with E-state index in [0.717, 1.165) is 15.4 Å². The number of hydrogen-bond acceptors (Lipinski definition) is 3. The van der Waals surface area contributed by atoms with E-state index < -0.39 is 0 Å². The van der Waals surface area contributed by atoms with Crippen LogP contribution < -0.4 is 4.90 Å². The number of benzene rings is 1. The van der Waals surface area contributed by atoms with Crippen LogP contribution in [-0.4, -0.2) is 22.7 Å². The zero-order valence-electron chi connectivity index (χ0n) is 9.51. The van der Waals surface area contributed by atoms with E-state index in [1.807, 2.05) is 30.3 Å². The Labute approximate surface area is 119 Å². The molecule has 1 aromatic heterocycles. The molecule has 92 valence electrons. The molecule has 3 nitrogen and oxygen atoms in total. The Bertz CT molecular complexity index is 631. The van der Waals surface area contributed by atoms with E-state index in [2.05, 4.69) is 33.5 Å². The van der Waals surface area contributed by atoms with E-state index in [1.165, 1.54) is 0 Å².